The van der Waals surface area contributed by atoms with Gasteiger partial charge in [-0.3, -0.25) is 4.90 Å². The fourth-order valence-corrected chi connectivity index (χ4v) is 1.72. The third kappa shape index (κ3) is 3.59. The first kappa shape index (κ1) is 13.6. The van der Waals surface area contributed by atoms with E-state index in [-0.39, 0.29) is 12.4 Å². The van der Waals surface area contributed by atoms with E-state index in [1.54, 1.807) is 12.1 Å². The largest absolute Gasteiger partial charge is 0.395 e. The van der Waals surface area contributed by atoms with E-state index < -0.39 is 0 Å². The third-order valence-electron chi connectivity index (χ3n) is 2.79. The second-order valence-corrected chi connectivity index (χ2v) is 4.11. The first-order chi connectivity index (χ1) is 9.22. The highest BCUT2D eigenvalue weighted by Crippen LogP contribution is 2.16. The molecule has 1 aromatic heterocycles. The Bertz CT molecular complexity index is 513. The molecule has 0 atom stereocenters. The summed E-state index contributed by atoms with van der Waals surface area (Å²) in [6.07, 6.45) is 0. The van der Waals surface area contributed by atoms with E-state index in [9.17, 15) is 4.39 Å². The average Bonchev–Trinajstić information content (AvgIpc) is 2.87. The Morgan fingerprint density at radius 3 is 2.68 bits per heavy atom. The number of halogens is 1. The highest BCUT2D eigenvalue weighted by Gasteiger charge is 2.11. The van der Waals surface area contributed by atoms with E-state index >= 15 is 0 Å². The van der Waals surface area contributed by atoms with Gasteiger partial charge in [0.05, 0.1) is 13.2 Å². The van der Waals surface area contributed by atoms with Crippen LogP contribution in [0.15, 0.2) is 28.8 Å². The minimum Gasteiger partial charge on any atom is -0.395 e. The monoisotopic (exact) mass is 265 g/mol. The van der Waals surface area contributed by atoms with Crippen molar-refractivity contribution in [3.05, 3.63) is 36.0 Å². The summed E-state index contributed by atoms with van der Waals surface area (Å²) in [5.41, 5.74) is 0.710. The first-order valence-corrected chi connectivity index (χ1v) is 6.14. The molecule has 102 valence electrons. The van der Waals surface area contributed by atoms with Crippen LogP contribution in [-0.4, -0.2) is 39.8 Å². The van der Waals surface area contributed by atoms with E-state index in [1.165, 1.54) is 12.1 Å². The lowest BCUT2D eigenvalue weighted by molar-refractivity contribution is 0.180. The molecule has 1 aromatic carbocycles. The summed E-state index contributed by atoms with van der Waals surface area (Å²) in [6, 6.07) is 5.93. The van der Waals surface area contributed by atoms with E-state index in [0.29, 0.717) is 30.4 Å². The number of nitrogens with zero attached hydrogens (tertiary/aromatic N) is 3. The summed E-state index contributed by atoms with van der Waals surface area (Å²) in [5.74, 6) is 0.622. The Morgan fingerprint density at radius 1 is 1.32 bits per heavy atom. The van der Waals surface area contributed by atoms with Crippen LogP contribution in [0, 0.1) is 5.82 Å². The fraction of sp³-hybridized carbons (Fsp3) is 0.385. The molecule has 0 radical (unpaired) electrons. The van der Waals surface area contributed by atoms with Crippen LogP contribution < -0.4 is 0 Å². The molecule has 0 fully saturated rings. The molecule has 2 rings (SSSR count). The van der Waals surface area contributed by atoms with Crippen molar-refractivity contribution in [1.29, 1.82) is 0 Å². The van der Waals surface area contributed by atoms with Crippen molar-refractivity contribution in [3.63, 3.8) is 0 Å². The van der Waals surface area contributed by atoms with E-state index in [0.717, 1.165) is 6.54 Å². The van der Waals surface area contributed by atoms with Crippen LogP contribution >= 0.6 is 0 Å². The molecule has 19 heavy (non-hydrogen) atoms. The van der Waals surface area contributed by atoms with Crippen molar-refractivity contribution in [2.75, 3.05) is 19.7 Å². The first-order valence-electron chi connectivity index (χ1n) is 6.14. The van der Waals surface area contributed by atoms with Crippen molar-refractivity contribution < 1.29 is 14.0 Å². The van der Waals surface area contributed by atoms with Gasteiger partial charge in [0.25, 0.3) is 0 Å². The van der Waals surface area contributed by atoms with Gasteiger partial charge < -0.3 is 9.63 Å². The number of likely N-dealkylation sites (N-methyl/N-ethyl adjacent to an activating group) is 1. The topological polar surface area (TPSA) is 62.4 Å². The van der Waals surface area contributed by atoms with Crippen LogP contribution in [0.1, 0.15) is 12.8 Å². The number of hydrogen-bond donors (Lipinski definition) is 1. The van der Waals surface area contributed by atoms with Gasteiger partial charge >= 0.3 is 0 Å². The number of aliphatic hydroxyl groups excluding tert-OH is 1. The van der Waals surface area contributed by atoms with E-state index in [4.69, 9.17) is 9.63 Å². The van der Waals surface area contributed by atoms with Gasteiger partial charge in [0.2, 0.25) is 11.7 Å². The second-order valence-electron chi connectivity index (χ2n) is 4.11. The second kappa shape index (κ2) is 6.40. The lowest BCUT2D eigenvalue weighted by Crippen LogP contribution is -2.26. The average molecular weight is 265 g/mol. The van der Waals surface area contributed by atoms with E-state index in [1.807, 2.05) is 11.8 Å². The van der Waals surface area contributed by atoms with Gasteiger partial charge in [0.15, 0.2) is 0 Å². The predicted octanol–water partition coefficient (Wildman–Crippen LogP) is 1.69. The maximum Gasteiger partial charge on any atom is 0.241 e. The summed E-state index contributed by atoms with van der Waals surface area (Å²) >= 11 is 0. The molecule has 5 nitrogen and oxygen atoms in total. The molecular formula is C13H16FN3O2. The minimum absolute atomic E-state index is 0.0901. The van der Waals surface area contributed by atoms with Crippen LogP contribution in [0.2, 0.25) is 0 Å². The van der Waals surface area contributed by atoms with Crippen LogP contribution in [-0.2, 0) is 6.54 Å². The Labute approximate surface area is 110 Å². The number of aromatic nitrogens is 2. The molecule has 0 spiro atoms. The van der Waals surface area contributed by atoms with Crippen molar-refractivity contribution in [3.8, 4) is 11.4 Å². The molecule has 0 aliphatic carbocycles. The highest BCUT2D eigenvalue weighted by molar-refractivity contribution is 5.53. The molecule has 0 saturated carbocycles. The van der Waals surface area contributed by atoms with E-state index in [2.05, 4.69) is 10.1 Å². The Balaban J connectivity index is 2.08. The number of aliphatic hydroxyl groups is 1. The smallest absolute Gasteiger partial charge is 0.241 e. The normalized spacial score (nSPS) is 11.2. The Kier molecular flexibility index (Phi) is 4.59. The Hall–Kier alpha value is -1.79. The predicted molar refractivity (Wildman–Crippen MR) is 67.7 cm³/mol. The van der Waals surface area contributed by atoms with Crippen molar-refractivity contribution in [2.24, 2.45) is 0 Å². The van der Waals surface area contributed by atoms with Crippen LogP contribution in [0.25, 0.3) is 11.4 Å². The zero-order chi connectivity index (χ0) is 13.7. The van der Waals surface area contributed by atoms with Gasteiger partial charge in [-0.05, 0) is 30.8 Å². The molecule has 1 N–H and O–H groups in total. The summed E-state index contributed by atoms with van der Waals surface area (Å²) < 4.78 is 18.0. The third-order valence-corrected chi connectivity index (χ3v) is 2.79. The lowest BCUT2D eigenvalue weighted by atomic mass is 10.2. The summed E-state index contributed by atoms with van der Waals surface area (Å²) in [7, 11) is 0. The summed E-state index contributed by atoms with van der Waals surface area (Å²) in [5, 5.41) is 12.8. The fourth-order valence-electron chi connectivity index (χ4n) is 1.72. The van der Waals surface area contributed by atoms with Crippen molar-refractivity contribution in [1.82, 2.24) is 15.0 Å². The quantitative estimate of drug-likeness (QED) is 0.861. The summed E-state index contributed by atoms with van der Waals surface area (Å²) in [4.78, 5) is 6.24. The molecular weight excluding hydrogens is 249 g/mol. The van der Waals surface area contributed by atoms with Gasteiger partial charge in [0.1, 0.15) is 5.82 Å². The Morgan fingerprint density at radius 2 is 2.05 bits per heavy atom. The van der Waals surface area contributed by atoms with Gasteiger partial charge in [0, 0.05) is 12.1 Å². The molecule has 0 aliphatic rings. The zero-order valence-corrected chi connectivity index (χ0v) is 10.7. The molecule has 0 aliphatic heterocycles. The minimum atomic E-state index is -0.299. The molecule has 2 aromatic rings. The van der Waals surface area contributed by atoms with Crippen molar-refractivity contribution >= 4 is 0 Å². The van der Waals surface area contributed by atoms with Gasteiger partial charge in [-0.1, -0.05) is 12.1 Å². The molecule has 0 bridgehead atoms. The molecule has 0 amide bonds. The molecule has 0 saturated heterocycles. The van der Waals surface area contributed by atoms with Crippen LogP contribution in [0.3, 0.4) is 0 Å². The SMILES string of the molecule is CCN(CCO)Cc1nc(-c2ccc(F)cc2)no1. The van der Waals surface area contributed by atoms with Gasteiger partial charge in [-0.2, -0.15) is 4.98 Å². The summed E-state index contributed by atoms with van der Waals surface area (Å²) in [6.45, 7) is 3.92. The number of hydrogen-bond acceptors (Lipinski definition) is 5. The van der Waals surface area contributed by atoms with Crippen molar-refractivity contribution in [2.45, 2.75) is 13.5 Å². The van der Waals surface area contributed by atoms with Crippen LogP contribution in [0.5, 0.6) is 0 Å². The number of rotatable bonds is 6. The standard InChI is InChI=1S/C13H16FN3O2/c1-2-17(7-8-18)9-12-15-13(16-19-12)10-3-5-11(14)6-4-10/h3-6,18H,2,7-9H2,1H3. The maximum absolute atomic E-state index is 12.8. The van der Waals surface area contributed by atoms with Gasteiger partial charge in [-0.25, -0.2) is 4.39 Å². The molecule has 1 heterocycles. The zero-order valence-electron chi connectivity index (χ0n) is 10.7. The number of benzene rings is 1. The van der Waals surface area contributed by atoms with Gasteiger partial charge in [-0.15, -0.1) is 0 Å². The molecule has 6 heteroatoms. The lowest BCUT2D eigenvalue weighted by Gasteiger charge is -2.15. The maximum atomic E-state index is 12.8. The molecule has 0 unspecified atom stereocenters. The van der Waals surface area contributed by atoms with Crippen LogP contribution in [0.4, 0.5) is 4.39 Å². The highest BCUT2D eigenvalue weighted by atomic mass is 19.1.